The molecule has 2 aromatic heterocycles. The zero-order valence-electron chi connectivity index (χ0n) is 24.4. The smallest absolute Gasteiger partial charge is 0.231 e. The van der Waals surface area contributed by atoms with Gasteiger partial charge in [0.05, 0.1) is 25.0 Å². The van der Waals surface area contributed by atoms with Gasteiger partial charge < -0.3 is 9.84 Å². The summed E-state index contributed by atoms with van der Waals surface area (Å²) in [4.78, 5) is 20.6. The van der Waals surface area contributed by atoms with Crippen molar-refractivity contribution in [3.05, 3.63) is 60.0 Å². The summed E-state index contributed by atoms with van der Waals surface area (Å²) in [5.41, 5.74) is 3.76. The Morgan fingerprint density at radius 2 is 1.85 bits per heavy atom. The maximum atomic E-state index is 14.0. The normalized spacial score (nSPS) is 22.7. The predicted octanol–water partition coefficient (Wildman–Crippen LogP) is 6.26. The van der Waals surface area contributed by atoms with Gasteiger partial charge in [0.25, 0.3) is 0 Å². The largest absolute Gasteiger partial charge is 0.495 e. The fraction of sp³-hybridized carbons (Fsp3) is 0.515. The molecule has 0 saturated heterocycles. The molecular formula is C33H41N5O3. The summed E-state index contributed by atoms with van der Waals surface area (Å²) >= 11 is 0. The van der Waals surface area contributed by atoms with Crippen LogP contribution in [0.4, 0.5) is 5.82 Å². The standard InChI is InChI=1S/C33H41N5O3/c1-22(2)38-21-29(19-36-38)27-14-15-35-32(17-27)37(33(40)25-8-11-30(39)12-9-25)20-23-4-6-24(7-5-23)26-10-13-31(41-3)28(16-26)18-34/h10,13-17,19,21-25,30,39H,4-9,11-12,20H2,1-3H3/t23?,24?,25-,30-. The van der Waals surface area contributed by atoms with Crippen molar-refractivity contribution in [3.8, 4) is 22.9 Å². The molecule has 0 spiro atoms. The Labute approximate surface area is 243 Å². The highest BCUT2D eigenvalue weighted by Crippen LogP contribution is 2.39. The number of methoxy groups -OCH3 is 1. The van der Waals surface area contributed by atoms with E-state index in [-0.39, 0.29) is 24.0 Å². The van der Waals surface area contributed by atoms with Crippen LogP contribution in [0.2, 0.25) is 0 Å². The van der Waals surface area contributed by atoms with Gasteiger partial charge in [-0.3, -0.25) is 14.4 Å². The van der Waals surface area contributed by atoms with Crippen molar-refractivity contribution < 1.29 is 14.6 Å². The van der Waals surface area contributed by atoms with Crippen LogP contribution in [0.1, 0.15) is 88.3 Å². The summed E-state index contributed by atoms with van der Waals surface area (Å²) in [7, 11) is 1.59. The molecule has 8 heteroatoms. The second-order valence-corrected chi connectivity index (χ2v) is 11.9. The van der Waals surface area contributed by atoms with Crippen molar-refractivity contribution in [1.29, 1.82) is 5.26 Å². The van der Waals surface area contributed by atoms with Crippen LogP contribution in [0.25, 0.3) is 11.1 Å². The van der Waals surface area contributed by atoms with Crippen LogP contribution in [-0.2, 0) is 4.79 Å². The first-order valence-corrected chi connectivity index (χ1v) is 14.9. The predicted molar refractivity (Wildman–Crippen MR) is 159 cm³/mol. The van der Waals surface area contributed by atoms with E-state index in [1.54, 1.807) is 13.3 Å². The van der Waals surface area contributed by atoms with E-state index in [0.29, 0.717) is 61.2 Å². The number of anilines is 1. The Kier molecular flexibility index (Phi) is 9.04. The van der Waals surface area contributed by atoms with Gasteiger partial charge in [-0.25, -0.2) is 4.98 Å². The number of benzene rings is 1. The molecule has 0 atom stereocenters. The summed E-state index contributed by atoms with van der Waals surface area (Å²) in [6, 6.07) is 12.4. The molecule has 1 N–H and O–H groups in total. The van der Waals surface area contributed by atoms with E-state index < -0.39 is 0 Å². The molecule has 2 aliphatic carbocycles. The zero-order chi connectivity index (χ0) is 28.9. The number of hydrogen-bond acceptors (Lipinski definition) is 6. The second kappa shape index (κ2) is 12.9. The first-order valence-electron chi connectivity index (χ1n) is 14.9. The molecule has 1 amide bonds. The van der Waals surface area contributed by atoms with Crippen LogP contribution in [0.3, 0.4) is 0 Å². The maximum Gasteiger partial charge on any atom is 0.231 e. The number of rotatable bonds is 8. The van der Waals surface area contributed by atoms with E-state index >= 15 is 0 Å². The lowest BCUT2D eigenvalue weighted by molar-refractivity contribution is -0.124. The van der Waals surface area contributed by atoms with Crippen LogP contribution in [0.15, 0.2) is 48.9 Å². The number of nitrogens with zero attached hydrogens (tertiary/aromatic N) is 5. The van der Waals surface area contributed by atoms with Gasteiger partial charge in [-0.1, -0.05) is 6.07 Å². The first-order chi connectivity index (χ1) is 19.9. The highest BCUT2D eigenvalue weighted by Gasteiger charge is 2.33. The van der Waals surface area contributed by atoms with Crippen molar-refractivity contribution >= 4 is 11.7 Å². The summed E-state index contributed by atoms with van der Waals surface area (Å²) in [5, 5.41) is 24.1. The van der Waals surface area contributed by atoms with E-state index in [1.807, 2.05) is 46.2 Å². The third-order valence-electron chi connectivity index (χ3n) is 8.90. The SMILES string of the molecule is COc1ccc(C2CCC(CN(c3cc(-c4cnn(C(C)C)c4)ccn3)C(=O)[C@H]3CC[C@H](O)CC3)CC2)cc1C#N. The van der Waals surface area contributed by atoms with E-state index in [2.05, 4.69) is 36.1 Å². The molecule has 0 unspecified atom stereocenters. The Bertz CT molecular complexity index is 1380. The van der Waals surface area contributed by atoms with Gasteiger partial charge in [-0.15, -0.1) is 0 Å². The molecular weight excluding hydrogens is 514 g/mol. The monoisotopic (exact) mass is 555 g/mol. The van der Waals surface area contributed by atoms with E-state index in [1.165, 1.54) is 5.56 Å². The molecule has 2 fully saturated rings. The molecule has 2 aliphatic rings. The zero-order valence-corrected chi connectivity index (χ0v) is 24.4. The minimum atomic E-state index is -0.304. The van der Waals surface area contributed by atoms with Gasteiger partial charge in [0.15, 0.2) is 0 Å². The average molecular weight is 556 g/mol. The number of hydrogen-bond donors (Lipinski definition) is 1. The number of nitriles is 1. The molecule has 1 aromatic carbocycles. The number of amides is 1. The molecule has 216 valence electrons. The van der Waals surface area contributed by atoms with Gasteiger partial charge in [0, 0.05) is 36.5 Å². The van der Waals surface area contributed by atoms with Crippen molar-refractivity contribution in [2.24, 2.45) is 11.8 Å². The molecule has 0 aliphatic heterocycles. The molecule has 0 radical (unpaired) electrons. The van der Waals surface area contributed by atoms with Crippen LogP contribution < -0.4 is 9.64 Å². The molecule has 2 heterocycles. The Balaban J connectivity index is 1.34. The summed E-state index contributed by atoms with van der Waals surface area (Å²) < 4.78 is 7.26. The summed E-state index contributed by atoms with van der Waals surface area (Å²) in [5.74, 6) is 2.09. The Hall–Kier alpha value is -3.70. The van der Waals surface area contributed by atoms with Crippen molar-refractivity contribution in [1.82, 2.24) is 14.8 Å². The van der Waals surface area contributed by atoms with Gasteiger partial charge >= 0.3 is 0 Å². The number of carbonyl (C=O) groups is 1. The molecule has 3 aromatic rings. The molecule has 8 nitrogen and oxygen atoms in total. The molecule has 41 heavy (non-hydrogen) atoms. The minimum Gasteiger partial charge on any atom is -0.495 e. The van der Waals surface area contributed by atoms with Crippen molar-refractivity contribution in [3.63, 3.8) is 0 Å². The van der Waals surface area contributed by atoms with Crippen molar-refractivity contribution in [2.45, 2.75) is 83.3 Å². The number of aliphatic hydroxyl groups is 1. The number of aliphatic hydroxyl groups excluding tert-OH is 1. The molecule has 2 saturated carbocycles. The number of ether oxygens (including phenoxy) is 1. The second-order valence-electron chi connectivity index (χ2n) is 11.9. The molecule has 5 rings (SSSR count). The Morgan fingerprint density at radius 3 is 2.51 bits per heavy atom. The molecule has 0 bridgehead atoms. The third kappa shape index (κ3) is 6.62. The van der Waals surface area contributed by atoms with Crippen molar-refractivity contribution in [2.75, 3.05) is 18.6 Å². The average Bonchev–Trinajstić information content (AvgIpc) is 3.51. The topological polar surface area (TPSA) is 104 Å². The van der Waals surface area contributed by atoms with Gasteiger partial charge in [0.1, 0.15) is 17.6 Å². The quantitative estimate of drug-likeness (QED) is 0.352. The lowest BCUT2D eigenvalue weighted by atomic mass is 9.78. The highest BCUT2D eigenvalue weighted by atomic mass is 16.5. The Morgan fingerprint density at radius 1 is 1.10 bits per heavy atom. The summed E-state index contributed by atoms with van der Waals surface area (Å²) in [6.07, 6.45) is 12.2. The minimum absolute atomic E-state index is 0.0902. The van der Waals surface area contributed by atoms with Crippen LogP contribution in [0, 0.1) is 23.2 Å². The van der Waals surface area contributed by atoms with Crippen LogP contribution >= 0.6 is 0 Å². The summed E-state index contributed by atoms with van der Waals surface area (Å²) in [6.45, 7) is 4.84. The third-order valence-corrected chi connectivity index (χ3v) is 8.90. The maximum absolute atomic E-state index is 14.0. The van der Waals surface area contributed by atoms with Gasteiger partial charge in [-0.05, 0) is 112 Å². The number of pyridine rings is 1. The van der Waals surface area contributed by atoms with Crippen LogP contribution in [-0.4, -0.2) is 45.5 Å². The number of aromatic nitrogens is 3. The van der Waals surface area contributed by atoms with Gasteiger partial charge in [-0.2, -0.15) is 10.4 Å². The fourth-order valence-electron chi connectivity index (χ4n) is 6.36. The lowest BCUT2D eigenvalue weighted by Crippen LogP contribution is -2.42. The number of carbonyl (C=O) groups excluding carboxylic acids is 1. The first kappa shape index (κ1) is 28.8. The van der Waals surface area contributed by atoms with E-state index in [9.17, 15) is 15.2 Å². The fourth-order valence-corrected chi connectivity index (χ4v) is 6.36. The highest BCUT2D eigenvalue weighted by molar-refractivity contribution is 5.94. The lowest BCUT2D eigenvalue weighted by Gasteiger charge is -2.35. The van der Waals surface area contributed by atoms with Crippen LogP contribution in [0.5, 0.6) is 5.75 Å². The van der Waals surface area contributed by atoms with Gasteiger partial charge in [0.2, 0.25) is 5.91 Å². The van der Waals surface area contributed by atoms with E-state index in [4.69, 9.17) is 4.74 Å². The van der Waals surface area contributed by atoms with E-state index in [0.717, 1.165) is 36.8 Å².